The third-order valence-corrected chi connectivity index (χ3v) is 3.19. The van der Waals surface area contributed by atoms with Crippen LogP contribution in [0.1, 0.15) is 31.7 Å². The van der Waals surface area contributed by atoms with Crippen LogP contribution in [0.15, 0.2) is 16.6 Å². The second-order valence-electron chi connectivity index (χ2n) is 4.13. The van der Waals surface area contributed by atoms with E-state index in [-0.39, 0.29) is 13.2 Å². The largest absolute Gasteiger partial charge is 0.490 e. The van der Waals surface area contributed by atoms with Gasteiger partial charge in [-0.3, -0.25) is 0 Å². The Labute approximate surface area is 122 Å². The number of hydrogen-bond acceptors (Lipinski definition) is 4. The second-order valence-corrected chi connectivity index (χ2v) is 4.98. The highest BCUT2D eigenvalue weighted by Gasteiger charge is 2.11. The van der Waals surface area contributed by atoms with Crippen molar-refractivity contribution in [2.75, 3.05) is 19.8 Å². The summed E-state index contributed by atoms with van der Waals surface area (Å²) in [4.78, 5) is 0. The number of aliphatic hydroxyl groups is 2. The summed E-state index contributed by atoms with van der Waals surface area (Å²) in [7, 11) is 0. The molecule has 0 bridgehead atoms. The summed E-state index contributed by atoms with van der Waals surface area (Å²) in [5.74, 6) is 1.31. The number of hydrogen-bond donors (Lipinski definition) is 2. The Morgan fingerprint density at radius 1 is 1.11 bits per heavy atom. The van der Waals surface area contributed by atoms with Crippen molar-refractivity contribution in [1.29, 1.82) is 0 Å². The molecule has 0 saturated heterocycles. The highest BCUT2D eigenvalue weighted by Crippen LogP contribution is 2.37. The van der Waals surface area contributed by atoms with Crippen LogP contribution in [0.25, 0.3) is 0 Å². The van der Waals surface area contributed by atoms with Crippen molar-refractivity contribution in [3.05, 3.63) is 22.2 Å². The zero-order chi connectivity index (χ0) is 14.1. The average Bonchev–Trinajstić information content (AvgIpc) is 2.41. The molecule has 108 valence electrons. The Balaban J connectivity index is 2.68. The van der Waals surface area contributed by atoms with Crippen molar-refractivity contribution in [3.63, 3.8) is 0 Å². The first-order valence-electron chi connectivity index (χ1n) is 6.52. The molecule has 0 fully saturated rings. The van der Waals surface area contributed by atoms with Crippen LogP contribution in [-0.4, -0.2) is 30.0 Å². The average molecular weight is 333 g/mol. The molecular formula is C14H21BrO4. The zero-order valence-electron chi connectivity index (χ0n) is 11.2. The van der Waals surface area contributed by atoms with Crippen molar-refractivity contribution < 1.29 is 19.7 Å². The Morgan fingerprint density at radius 3 is 2.53 bits per heavy atom. The monoisotopic (exact) mass is 332 g/mol. The van der Waals surface area contributed by atoms with Gasteiger partial charge in [-0.15, -0.1) is 0 Å². The summed E-state index contributed by atoms with van der Waals surface area (Å²) in [6, 6.07) is 3.61. The fourth-order valence-electron chi connectivity index (χ4n) is 1.68. The lowest BCUT2D eigenvalue weighted by molar-refractivity contribution is 0.252. The summed E-state index contributed by atoms with van der Waals surface area (Å²) in [5, 5.41) is 17.9. The standard InChI is InChI=1S/C14H21BrO4/c1-2-18-13-9-11(10-17)8-12(15)14(13)19-7-5-3-4-6-16/h8-9,16-17H,2-7,10H2,1H3. The summed E-state index contributed by atoms with van der Waals surface area (Å²) in [5.41, 5.74) is 0.781. The normalized spacial score (nSPS) is 10.5. The van der Waals surface area contributed by atoms with Gasteiger partial charge in [0.15, 0.2) is 11.5 Å². The molecular weight excluding hydrogens is 312 g/mol. The minimum absolute atomic E-state index is 0.0323. The zero-order valence-corrected chi connectivity index (χ0v) is 12.8. The van der Waals surface area contributed by atoms with Crippen molar-refractivity contribution in [2.24, 2.45) is 0 Å². The van der Waals surface area contributed by atoms with Crippen molar-refractivity contribution in [3.8, 4) is 11.5 Å². The molecule has 0 aromatic heterocycles. The molecule has 0 aliphatic carbocycles. The highest BCUT2D eigenvalue weighted by molar-refractivity contribution is 9.10. The van der Waals surface area contributed by atoms with Gasteiger partial charge in [0.1, 0.15) is 0 Å². The fourth-order valence-corrected chi connectivity index (χ4v) is 2.28. The van der Waals surface area contributed by atoms with E-state index < -0.39 is 0 Å². The third-order valence-electron chi connectivity index (χ3n) is 2.60. The SMILES string of the molecule is CCOc1cc(CO)cc(Br)c1OCCCCCO. The van der Waals surface area contributed by atoms with E-state index in [1.807, 2.05) is 13.0 Å². The maximum absolute atomic E-state index is 9.18. The summed E-state index contributed by atoms with van der Waals surface area (Å²) in [6.45, 7) is 3.22. The van der Waals surface area contributed by atoms with Crippen molar-refractivity contribution in [1.82, 2.24) is 0 Å². The van der Waals surface area contributed by atoms with Crippen molar-refractivity contribution >= 4 is 15.9 Å². The molecule has 0 amide bonds. The van der Waals surface area contributed by atoms with Gasteiger partial charge in [-0.25, -0.2) is 0 Å². The van der Waals surface area contributed by atoms with Gasteiger partial charge in [-0.1, -0.05) is 0 Å². The molecule has 4 nitrogen and oxygen atoms in total. The second kappa shape index (κ2) is 9.18. The maximum atomic E-state index is 9.18. The molecule has 5 heteroatoms. The number of halogens is 1. The molecule has 1 rings (SSSR count). The lowest BCUT2D eigenvalue weighted by Crippen LogP contribution is -2.03. The van der Waals surface area contributed by atoms with Crippen molar-refractivity contribution in [2.45, 2.75) is 32.8 Å². The first kappa shape index (κ1) is 16.3. The molecule has 19 heavy (non-hydrogen) atoms. The predicted octanol–water partition coefficient (Wildman–Crippen LogP) is 2.88. The number of aliphatic hydroxyl groups excluding tert-OH is 2. The van der Waals surface area contributed by atoms with E-state index in [0.29, 0.717) is 24.7 Å². The quantitative estimate of drug-likeness (QED) is 0.682. The Morgan fingerprint density at radius 2 is 1.89 bits per heavy atom. The number of ether oxygens (including phenoxy) is 2. The molecule has 0 radical (unpaired) electrons. The van der Waals surface area contributed by atoms with Gasteiger partial charge in [0, 0.05) is 6.61 Å². The molecule has 0 aliphatic rings. The van der Waals surface area contributed by atoms with Gasteiger partial charge in [0.25, 0.3) is 0 Å². The van der Waals surface area contributed by atoms with Gasteiger partial charge in [-0.2, -0.15) is 0 Å². The van der Waals surface area contributed by atoms with E-state index in [4.69, 9.17) is 14.6 Å². The lowest BCUT2D eigenvalue weighted by Gasteiger charge is -2.15. The minimum Gasteiger partial charge on any atom is -0.490 e. The Kier molecular flexibility index (Phi) is 7.86. The van der Waals surface area contributed by atoms with Gasteiger partial charge < -0.3 is 19.7 Å². The van der Waals surface area contributed by atoms with E-state index in [9.17, 15) is 5.11 Å². The van der Waals surface area contributed by atoms with E-state index in [2.05, 4.69) is 15.9 Å². The highest BCUT2D eigenvalue weighted by atomic mass is 79.9. The molecule has 1 aromatic carbocycles. The minimum atomic E-state index is -0.0323. The summed E-state index contributed by atoms with van der Waals surface area (Å²) < 4.78 is 12.0. The number of unbranched alkanes of at least 4 members (excludes halogenated alkanes) is 2. The lowest BCUT2D eigenvalue weighted by atomic mass is 10.2. The van der Waals surface area contributed by atoms with Crippen LogP contribution in [0.5, 0.6) is 11.5 Å². The molecule has 0 heterocycles. The molecule has 0 saturated carbocycles. The molecule has 2 N–H and O–H groups in total. The molecule has 0 aliphatic heterocycles. The van der Waals surface area contributed by atoms with E-state index in [1.54, 1.807) is 6.07 Å². The molecule has 0 unspecified atom stereocenters. The third kappa shape index (κ3) is 5.38. The summed E-state index contributed by atoms with van der Waals surface area (Å²) >= 11 is 3.44. The first-order chi connectivity index (χ1) is 9.22. The van der Waals surface area contributed by atoms with Crippen LogP contribution in [0.3, 0.4) is 0 Å². The van der Waals surface area contributed by atoms with Crippen LogP contribution >= 0.6 is 15.9 Å². The van der Waals surface area contributed by atoms with Crippen LogP contribution in [-0.2, 0) is 6.61 Å². The topological polar surface area (TPSA) is 58.9 Å². The van der Waals surface area contributed by atoms with Crippen LogP contribution < -0.4 is 9.47 Å². The van der Waals surface area contributed by atoms with E-state index >= 15 is 0 Å². The Hall–Kier alpha value is -0.780. The number of rotatable bonds is 9. The van der Waals surface area contributed by atoms with Gasteiger partial charge >= 0.3 is 0 Å². The number of benzene rings is 1. The molecule has 0 spiro atoms. The van der Waals surface area contributed by atoms with Crippen LogP contribution in [0.4, 0.5) is 0 Å². The van der Waals surface area contributed by atoms with Gasteiger partial charge in [0.2, 0.25) is 0 Å². The molecule has 1 aromatic rings. The van der Waals surface area contributed by atoms with E-state index in [1.165, 1.54) is 0 Å². The fraction of sp³-hybridized carbons (Fsp3) is 0.571. The van der Waals surface area contributed by atoms with Crippen LogP contribution in [0, 0.1) is 0 Å². The summed E-state index contributed by atoms with van der Waals surface area (Å²) in [6.07, 6.45) is 2.62. The van der Waals surface area contributed by atoms with Gasteiger partial charge in [-0.05, 0) is 59.8 Å². The maximum Gasteiger partial charge on any atom is 0.175 e. The first-order valence-corrected chi connectivity index (χ1v) is 7.32. The van der Waals surface area contributed by atoms with E-state index in [0.717, 1.165) is 29.3 Å². The Bertz CT molecular complexity index is 382. The smallest absolute Gasteiger partial charge is 0.175 e. The predicted molar refractivity (Wildman–Crippen MR) is 77.7 cm³/mol. The molecule has 0 atom stereocenters. The van der Waals surface area contributed by atoms with Gasteiger partial charge in [0.05, 0.1) is 24.3 Å². The van der Waals surface area contributed by atoms with Crippen LogP contribution in [0.2, 0.25) is 0 Å².